The van der Waals surface area contributed by atoms with E-state index in [1.165, 1.54) is 18.5 Å². The zero-order chi connectivity index (χ0) is 11.1. The summed E-state index contributed by atoms with van der Waals surface area (Å²) in [7, 11) is 4.08. The molecule has 0 atom stereocenters. The first-order valence-electron chi connectivity index (χ1n) is 5.73. The Balaban J connectivity index is 2.01. The Morgan fingerprint density at radius 1 is 1.50 bits per heavy atom. The third-order valence-corrected chi connectivity index (χ3v) is 3.25. The van der Waals surface area contributed by atoms with Gasteiger partial charge in [-0.25, -0.2) is 4.98 Å². The minimum Gasteiger partial charge on any atom is -0.374 e. The van der Waals surface area contributed by atoms with E-state index in [2.05, 4.69) is 28.1 Å². The smallest absolute Gasteiger partial charge is 0.159 e. The van der Waals surface area contributed by atoms with Crippen LogP contribution in [0, 0.1) is 5.92 Å². The lowest BCUT2D eigenvalue weighted by Gasteiger charge is -2.19. The van der Waals surface area contributed by atoms with Crippen molar-refractivity contribution in [2.24, 2.45) is 13.0 Å². The molecule has 1 aliphatic carbocycles. The molecular weight excluding hydrogens is 200 g/mol. The zero-order valence-corrected chi connectivity index (χ0v) is 9.72. The van der Waals surface area contributed by atoms with Crippen molar-refractivity contribution in [3.63, 3.8) is 0 Å². The monoisotopic (exact) mass is 216 g/mol. The van der Waals surface area contributed by atoms with Gasteiger partial charge in [-0.1, -0.05) is 0 Å². The maximum Gasteiger partial charge on any atom is 0.159 e. The molecule has 4 nitrogen and oxygen atoms in total. The normalized spacial score (nSPS) is 15.6. The number of anilines is 1. The van der Waals surface area contributed by atoms with Crippen LogP contribution < -0.4 is 4.90 Å². The van der Waals surface area contributed by atoms with Crippen LogP contribution in [0.2, 0.25) is 0 Å². The van der Waals surface area contributed by atoms with Crippen molar-refractivity contribution in [3.8, 4) is 0 Å². The van der Waals surface area contributed by atoms with Crippen LogP contribution in [0.15, 0.2) is 18.5 Å². The highest BCUT2D eigenvalue weighted by molar-refractivity contribution is 5.88. The number of nitrogens with zero attached hydrogens (tertiary/aromatic N) is 4. The van der Waals surface area contributed by atoms with Crippen molar-refractivity contribution in [2.45, 2.75) is 12.8 Å². The van der Waals surface area contributed by atoms with Crippen molar-refractivity contribution in [2.75, 3.05) is 18.5 Å². The molecule has 0 N–H and O–H groups in total. The van der Waals surface area contributed by atoms with Crippen LogP contribution in [0.4, 0.5) is 5.69 Å². The Labute approximate surface area is 94.9 Å². The standard InChI is InChI=1S/C12H16N4/c1-15(8-9-3-4-9)11-5-6-13-12-10(11)7-14-16(12)2/h5-7,9H,3-4,8H2,1-2H3. The molecule has 0 spiro atoms. The van der Waals surface area contributed by atoms with Gasteiger partial charge in [0.2, 0.25) is 0 Å². The molecule has 0 amide bonds. The van der Waals surface area contributed by atoms with Gasteiger partial charge < -0.3 is 4.90 Å². The van der Waals surface area contributed by atoms with Gasteiger partial charge in [0.05, 0.1) is 17.3 Å². The van der Waals surface area contributed by atoms with Crippen molar-refractivity contribution < 1.29 is 0 Å². The topological polar surface area (TPSA) is 34.0 Å². The number of aryl methyl sites for hydroxylation is 1. The van der Waals surface area contributed by atoms with E-state index < -0.39 is 0 Å². The van der Waals surface area contributed by atoms with Gasteiger partial charge in [-0.05, 0) is 24.8 Å². The molecule has 0 aromatic carbocycles. The number of aromatic nitrogens is 3. The molecule has 84 valence electrons. The van der Waals surface area contributed by atoms with Crippen LogP contribution in [0.5, 0.6) is 0 Å². The zero-order valence-electron chi connectivity index (χ0n) is 9.72. The number of fused-ring (bicyclic) bond motifs is 1. The predicted octanol–water partition coefficient (Wildman–Crippen LogP) is 1.81. The summed E-state index contributed by atoms with van der Waals surface area (Å²) in [5, 5.41) is 5.41. The van der Waals surface area contributed by atoms with E-state index in [1.807, 2.05) is 24.1 Å². The van der Waals surface area contributed by atoms with Gasteiger partial charge in [0.25, 0.3) is 0 Å². The second-order valence-corrected chi connectivity index (χ2v) is 4.66. The number of hydrogen-bond acceptors (Lipinski definition) is 3. The third kappa shape index (κ3) is 1.54. The van der Waals surface area contributed by atoms with Crippen LogP contribution in [-0.4, -0.2) is 28.4 Å². The molecule has 3 rings (SSSR count). The fourth-order valence-electron chi connectivity index (χ4n) is 2.15. The molecule has 0 saturated heterocycles. The molecule has 0 unspecified atom stereocenters. The Kier molecular flexibility index (Phi) is 2.09. The van der Waals surface area contributed by atoms with Crippen molar-refractivity contribution in [1.29, 1.82) is 0 Å². The van der Waals surface area contributed by atoms with Crippen LogP contribution in [-0.2, 0) is 7.05 Å². The van der Waals surface area contributed by atoms with Crippen molar-refractivity contribution >= 4 is 16.7 Å². The largest absolute Gasteiger partial charge is 0.374 e. The first kappa shape index (κ1) is 9.63. The summed E-state index contributed by atoms with van der Waals surface area (Å²) in [6.45, 7) is 1.15. The van der Waals surface area contributed by atoms with Crippen LogP contribution >= 0.6 is 0 Å². The highest BCUT2D eigenvalue weighted by atomic mass is 15.3. The summed E-state index contributed by atoms with van der Waals surface area (Å²) in [6.07, 6.45) is 6.53. The Morgan fingerprint density at radius 3 is 3.06 bits per heavy atom. The van der Waals surface area contributed by atoms with E-state index in [1.54, 1.807) is 0 Å². The minimum atomic E-state index is 0.893. The molecule has 1 aliphatic rings. The molecule has 16 heavy (non-hydrogen) atoms. The van der Waals surface area contributed by atoms with Gasteiger partial charge in [0.1, 0.15) is 0 Å². The van der Waals surface area contributed by atoms with E-state index in [0.29, 0.717) is 0 Å². The van der Waals surface area contributed by atoms with Crippen LogP contribution in [0.1, 0.15) is 12.8 Å². The van der Waals surface area contributed by atoms with Gasteiger partial charge >= 0.3 is 0 Å². The number of rotatable bonds is 3. The lowest BCUT2D eigenvalue weighted by molar-refractivity contribution is 0.784. The third-order valence-electron chi connectivity index (χ3n) is 3.25. The number of hydrogen-bond donors (Lipinski definition) is 0. The average molecular weight is 216 g/mol. The summed E-state index contributed by atoms with van der Waals surface area (Å²) < 4.78 is 1.82. The molecule has 2 aromatic rings. The Morgan fingerprint density at radius 2 is 2.31 bits per heavy atom. The Hall–Kier alpha value is -1.58. The second kappa shape index (κ2) is 3.47. The fraction of sp³-hybridized carbons (Fsp3) is 0.500. The molecule has 4 heteroatoms. The lowest BCUT2D eigenvalue weighted by atomic mass is 10.2. The van der Waals surface area contributed by atoms with Gasteiger partial charge in [0.15, 0.2) is 5.65 Å². The molecule has 1 fully saturated rings. The first-order chi connectivity index (χ1) is 7.75. The Bertz CT molecular complexity index is 513. The average Bonchev–Trinajstić information content (AvgIpc) is 3.02. The summed E-state index contributed by atoms with van der Waals surface area (Å²) in [6, 6.07) is 2.08. The SMILES string of the molecule is CN(CC1CC1)c1ccnc2c1cnn2C. The quantitative estimate of drug-likeness (QED) is 0.784. The lowest BCUT2D eigenvalue weighted by Crippen LogP contribution is -2.20. The highest BCUT2D eigenvalue weighted by Gasteiger charge is 2.23. The molecule has 2 heterocycles. The second-order valence-electron chi connectivity index (χ2n) is 4.66. The highest BCUT2D eigenvalue weighted by Crippen LogP contribution is 2.32. The van der Waals surface area contributed by atoms with Gasteiger partial charge in [-0.2, -0.15) is 5.10 Å². The van der Waals surface area contributed by atoms with Crippen molar-refractivity contribution in [1.82, 2.24) is 14.8 Å². The summed E-state index contributed by atoms with van der Waals surface area (Å²) in [5.41, 5.74) is 2.20. The minimum absolute atomic E-state index is 0.893. The van der Waals surface area contributed by atoms with Gasteiger partial charge in [-0.15, -0.1) is 0 Å². The molecule has 2 aromatic heterocycles. The summed E-state index contributed by atoms with van der Waals surface area (Å²) >= 11 is 0. The molecule has 1 saturated carbocycles. The van der Waals surface area contributed by atoms with Gasteiger partial charge in [-0.3, -0.25) is 4.68 Å². The maximum absolute atomic E-state index is 4.35. The van der Waals surface area contributed by atoms with E-state index in [-0.39, 0.29) is 0 Å². The number of pyridine rings is 1. The van der Waals surface area contributed by atoms with Crippen LogP contribution in [0.25, 0.3) is 11.0 Å². The summed E-state index contributed by atoms with van der Waals surface area (Å²) in [5.74, 6) is 0.893. The molecule has 0 radical (unpaired) electrons. The van der Waals surface area contributed by atoms with Crippen LogP contribution in [0.3, 0.4) is 0 Å². The first-order valence-corrected chi connectivity index (χ1v) is 5.73. The molecular formula is C12H16N4. The van der Waals surface area contributed by atoms with E-state index in [0.717, 1.165) is 23.5 Å². The van der Waals surface area contributed by atoms with E-state index in [4.69, 9.17) is 0 Å². The van der Waals surface area contributed by atoms with E-state index in [9.17, 15) is 0 Å². The molecule has 0 aliphatic heterocycles. The molecule has 0 bridgehead atoms. The predicted molar refractivity (Wildman–Crippen MR) is 64.5 cm³/mol. The van der Waals surface area contributed by atoms with Gasteiger partial charge in [0, 0.05) is 26.8 Å². The maximum atomic E-state index is 4.35. The fourth-order valence-corrected chi connectivity index (χ4v) is 2.15. The van der Waals surface area contributed by atoms with E-state index >= 15 is 0 Å². The van der Waals surface area contributed by atoms with Crippen molar-refractivity contribution in [3.05, 3.63) is 18.5 Å². The summed E-state index contributed by atoms with van der Waals surface area (Å²) in [4.78, 5) is 6.68.